The van der Waals surface area contributed by atoms with Crippen LogP contribution in [-0.2, 0) is 9.59 Å². The Hall–Kier alpha value is -0.620. The fraction of sp³-hybridized carbons (Fsp3) is 0.636. The highest BCUT2D eigenvalue weighted by Crippen LogP contribution is 2.54. The predicted molar refractivity (Wildman–Crippen MR) is 69.3 cm³/mol. The van der Waals surface area contributed by atoms with Crippen LogP contribution in [0.25, 0.3) is 0 Å². The molecule has 0 aromatic carbocycles. The molecule has 1 saturated heterocycles. The molecule has 1 amide bonds. The molecule has 94 valence electrons. The minimum atomic E-state index is -0.994. The fourth-order valence-electron chi connectivity index (χ4n) is 2.15. The van der Waals surface area contributed by atoms with E-state index < -0.39 is 5.97 Å². The van der Waals surface area contributed by atoms with Crippen molar-refractivity contribution in [2.24, 2.45) is 11.8 Å². The molecule has 2 aliphatic rings. The number of aliphatic carboxylic acids is 1. The minimum Gasteiger partial charge on any atom is -0.477 e. The maximum Gasteiger partial charge on any atom is 0.354 e. The summed E-state index contributed by atoms with van der Waals surface area (Å²) >= 11 is 3.03. The second kappa shape index (κ2) is 4.57. The van der Waals surface area contributed by atoms with Crippen molar-refractivity contribution in [2.45, 2.75) is 26.1 Å². The van der Waals surface area contributed by atoms with Gasteiger partial charge in [-0.05, 0) is 11.7 Å². The number of nitrogens with zero attached hydrogens (tertiary/aromatic N) is 1. The van der Waals surface area contributed by atoms with Gasteiger partial charge >= 0.3 is 5.97 Å². The molecule has 17 heavy (non-hydrogen) atoms. The molecule has 0 aliphatic carbocycles. The van der Waals surface area contributed by atoms with Crippen molar-refractivity contribution in [3.05, 3.63) is 9.93 Å². The number of β-lactam (4-membered cyclic amide) rings is 1. The van der Waals surface area contributed by atoms with Crippen LogP contribution in [0.4, 0.5) is 0 Å². The van der Waals surface area contributed by atoms with Crippen LogP contribution in [0, 0.1) is 11.8 Å². The summed E-state index contributed by atoms with van der Waals surface area (Å²) < 4.78 is 0.779. The Labute approximate surface area is 109 Å². The average Bonchev–Trinajstić information content (AvgIpc) is 2.53. The summed E-state index contributed by atoms with van der Waals surface area (Å²) in [5.74, 6) is 0.00918. The highest BCUT2D eigenvalue weighted by molar-refractivity contribution is 8.22. The zero-order valence-electron chi connectivity index (χ0n) is 9.97. The molecular formula is C11H15NO3S2. The first-order valence-electron chi connectivity index (χ1n) is 5.59. The summed E-state index contributed by atoms with van der Waals surface area (Å²) in [7, 11) is 0. The lowest BCUT2D eigenvalue weighted by Gasteiger charge is -2.44. The molecule has 6 heteroatoms. The Morgan fingerprint density at radius 2 is 2.24 bits per heavy atom. The third-order valence-electron chi connectivity index (χ3n) is 2.94. The van der Waals surface area contributed by atoms with E-state index >= 15 is 0 Å². The lowest BCUT2D eigenvalue weighted by Crippen LogP contribution is -2.59. The van der Waals surface area contributed by atoms with E-state index in [4.69, 9.17) is 0 Å². The summed E-state index contributed by atoms with van der Waals surface area (Å²) in [6.07, 6.45) is 0. The standard InChI is InChI=1S/C11H15NO3S2/c1-4-16-11-7(10(14)15)12-8(13)6(5(2)3)9(12)17-11/h5-6,9H,4H2,1-3H3,(H,14,15)/t6?,9-/m1/s1. The van der Waals surface area contributed by atoms with Gasteiger partial charge in [-0.1, -0.05) is 32.5 Å². The van der Waals surface area contributed by atoms with E-state index in [0.717, 1.165) is 9.99 Å². The van der Waals surface area contributed by atoms with Crippen LogP contribution in [0.2, 0.25) is 0 Å². The monoisotopic (exact) mass is 273 g/mol. The van der Waals surface area contributed by atoms with Crippen molar-refractivity contribution in [3.8, 4) is 0 Å². The lowest BCUT2D eigenvalue weighted by atomic mass is 9.86. The highest BCUT2D eigenvalue weighted by atomic mass is 32.2. The number of carboxylic acid groups (broad SMARTS) is 1. The maximum atomic E-state index is 12.0. The molecule has 2 heterocycles. The molecule has 4 nitrogen and oxygen atoms in total. The van der Waals surface area contributed by atoms with E-state index in [2.05, 4.69) is 0 Å². The van der Waals surface area contributed by atoms with Crippen molar-refractivity contribution in [1.82, 2.24) is 4.90 Å². The van der Waals surface area contributed by atoms with E-state index in [1.165, 1.54) is 28.4 Å². The maximum absolute atomic E-state index is 12.0. The molecule has 0 aromatic rings. The van der Waals surface area contributed by atoms with Crippen LogP contribution >= 0.6 is 23.5 Å². The summed E-state index contributed by atoms with van der Waals surface area (Å²) in [6, 6.07) is 0. The molecule has 1 N–H and O–H groups in total. The normalized spacial score (nSPS) is 27.5. The van der Waals surface area contributed by atoms with Crippen LogP contribution in [0.1, 0.15) is 20.8 Å². The van der Waals surface area contributed by atoms with Crippen LogP contribution in [0.3, 0.4) is 0 Å². The fourth-order valence-corrected chi connectivity index (χ4v) is 5.07. The van der Waals surface area contributed by atoms with E-state index in [1.54, 1.807) is 0 Å². The molecule has 2 atom stereocenters. The van der Waals surface area contributed by atoms with Gasteiger partial charge in [-0.2, -0.15) is 0 Å². The quantitative estimate of drug-likeness (QED) is 0.796. The lowest BCUT2D eigenvalue weighted by molar-refractivity contribution is -0.153. The molecule has 0 bridgehead atoms. The van der Waals surface area contributed by atoms with E-state index in [1.807, 2.05) is 20.8 Å². The Kier molecular flexibility index (Phi) is 3.45. The molecule has 1 fully saturated rings. The number of thioether (sulfide) groups is 2. The van der Waals surface area contributed by atoms with Crippen LogP contribution in [0.5, 0.6) is 0 Å². The van der Waals surface area contributed by atoms with Gasteiger partial charge in [0.2, 0.25) is 5.91 Å². The molecule has 0 aromatic heterocycles. The molecular weight excluding hydrogens is 258 g/mol. The van der Waals surface area contributed by atoms with Gasteiger partial charge < -0.3 is 5.11 Å². The Balaban J connectivity index is 2.26. The van der Waals surface area contributed by atoms with Gasteiger partial charge in [-0.3, -0.25) is 9.69 Å². The number of carboxylic acids is 1. The number of carbonyl (C=O) groups excluding carboxylic acids is 1. The minimum absolute atomic E-state index is 0.00245. The number of rotatable bonds is 4. The van der Waals surface area contributed by atoms with Gasteiger partial charge in [-0.25, -0.2) is 4.79 Å². The molecule has 0 radical (unpaired) electrons. The van der Waals surface area contributed by atoms with Gasteiger partial charge in [0.25, 0.3) is 0 Å². The van der Waals surface area contributed by atoms with Gasteiger partial charge in [0.15, 0.2) is 5.70 Å². The second-order valence-corrected chi connectivity index (χ2v) is 7.02. The van der Waals surface area contributed by atoms with Crippen molar-refractivity contribution >= 4 is 35.4 Å². The Morgan fingerprint density at radius 1 is 1.59 bits per heavy atom. The summed E-state index contributed by atoms with van der Waals surface area (Å²) in [6.45, 7) is 5.99. The van der Waals surface area contributed by atoms with Crippen LogP contribution < -0.4 is 0 Å². The summed E-state index contributed by atoms with van der Waals surface area (Å²) in [5, 5.41) is 9.20. The predicted octanol–water partition coefficient (Wildman–Crippen LogP) is 2.18. The summed E-state index contributed by atoms with van der Waals surface area (Å²) in [5.41, 5.74) is 0.189. The third kappa shape index (κ3) is 1.87. The molecule has 0 spiro atoms. The number of carbonyl (C=O) groups is 2. The Morgan fingerprint density at radius 3 is 2.71 bits per heavy atom. The van der Waals surface area contributed by atoms with Crippen molar-refractivity contribution in [1.29, 1.82) is 0 Å². The van der Waals surface area contributed by atoms with Crippen molar-refractivity contribution in [2.75, 3.05) is 5.75 Å². The van der Waals surface area contributed by atoms with Gasteiger partial charge in [0.05, 0.1) is 15.5 Å². The Bertz CT molecular complexity index is 406. The van der Waals surface area contributed by atoms with Crippen molar-refractivity contribution in [3.63, 3.8) is 0 Å². The summed E-state index contributed by atoms with van der Waals surface area (Å²) in [4.78, 5) is 24.6. The van der Waals surface area contributed by atoms with Gasteiger partial charge in [0, 0.05) is 0 Å². The number of fused-ring (bicyclic) bond motifs is 1. The highest BCUT2D eigenvalue weighted by Gasteiger charge is 2.56. The zero-order valence-corrected chi connectivity index (χ0v) is 11.6. The second-order valence-electron chi connectivity index (χ2n) is 4.36. The molecule has 0 saturated carbocycles. The van der Waals surface area contributed by atoms with Crippen LogP contribution in [-0.4, -0.2) is 33.0 Å². The number of amides is 1. The molecule has 2 aliphatic heterocycles. The topological polar surface area (TPSA) is 57.6 Å². The van der Waals surface area contributed by atoms with E-state index in [0.29, 0.717) is 0 Å². The van der Waals surface area contributed by atoms with Crippen LogP contribution in [0.15, 0.2) is 9.93 Å². The van der Waals surface area contributed by atoms with Crippen molar-refractivity contribution < 1.29 is 14.7 Å². The first-order valence-corrected chi connectivity index (χ1v) is 7.45. The van der Waals surface area contributed by atoms with Gasteiger partial charge in [-0.15, -0.1) is 11.8 Å². The first kappa shape index (κ1) is 12.8. The molecule has 1 unspecified atom stereocenters. The average molecular weight is 273 g/mol. The first-order chi connectivity index (χ1) is 7.99. The number of hydrogen-bond donors (Lipinski definition) is 1. The molecule has 2 rings (SSSR count). The van der Waals surface area contributed by atoms with E-state index in [-0.39, 0.29) is 28.8 Å². The largest absolute Gasteiger partial charge is 0.477 e. The van der Waals surface area contributed by atoms with E-state index in [9.17, 15) is 14.7 Å². The third-order valence-corrected chi connectivity index (χ3v) is 5.48. The van der Waals surface area contributed by atoms with Gasteiger partial charge in [0.1, 0.15) is 0 Å². The SMILES string of the molecule is CCSC1=C(C(=O)O)N2C(=O)C(C(C)C)[C@H]2S1. The smallest absolute Gasteiger partial charge is 0.354 e. The number of hydrogen-bond acceptors (Lipinski definition) is 4. The zero-order chi connectivity index (χ0) is 12.7.